The molecular weight excluding hydrogens is 314 g/mol. The molecule has 2 aliphatic heterocycles. The monoisotopic (exact) mass is 337 g/mol. The topological polar surface area (TPSA) is 71.0 Å². The zero-order valence-electron chi connectivity index (χ0n) is 13.5. The zero-order valence-corrected chi connectivity index (χ0v) is 14.3. The lowest BCUT2D eigenvalue weighted by atomic mass is 9.98. The predicted molar refractivity (Wildman–Crippen MR) is 91.6 cm³/mol. The highest BCUT2D eigenvalue weighted by Gasteiger charge is 2.29. The summed E-state index contributed by atoms with van der Waals surface area (Å²) in [5.41, 5.74) is 1.55. The molecule has 0 saturated heterocycles. The predicted octanol–water partition coefficient (Wildman–Crippen LogP) is 2.25. The van der Waals surface area contributed by atoms with Crippen LogP contribution in [-0.4, -0.2) is 45.1 Å². The number of anilines is 1. The minimum Gasteiger partial charge on any atom is -0.491 e. The Labute approximate surface area is 137 Å². The van der Waals surface area contributed by atoms with Crippen LogP contribution < -0.4 is 9.46 Å². The zero-order chi connectivity index (χ0) is 16.4. The molecule has 1 unspecified atom stereocenters. The summed E-state index contributed by atoms with van der Waals surface area (Å²) in [5, 5.41) is 0. The summed E-state index contributed by atoms with van der Waals surface area (Å²) in [5.74, 6) is 0.816. The first kappa shape index (κ1) is 16.1. The average molecular weight is 337 g/mol. The second-order valence-corrected chi connectivity index (χ2v) is 8.18. The maximum absolute atomic E-state index is 12.2. The number of sulfonamides is 1. The van der Waals surface area contributed by atoms with Gasteiger partial charge in [-0.15, -0.1) is 0 Å². The second-order valence-electron chi connectivity index (χ2n) is 6.41. The third-order valence-corrected chi connectivity index (χ3v) is 5.61. The van der Waals surface area contributed by atoms with Crippen LogP contribution in [0.15, 0.2) is 23.2 Å². The van der Waals surface area contributed by atoms with Gasteiger partial charge in [0.05, 0.1) is 37.0 Å². The average Bonchev–Trinajstić information content (AvgIpc) is 2.99. The van der Waals surface area contributed by atoms with E-state index in [-0.39, 0.29) is 17.7 Å². The van der Waals surface area contributed by atoms with Crippen molar-refractivity contribution in [2.75, 3.05) is 30.2 Å². The van der Waals surface area contributed by atoms with Crippen molar-refractivity contribution in [3.63, 3.8) is 0 Å². The maximum Gasteiger partial charge on any atom is 0.233 e. The number of para-hydroxylation sites is 1. The Balaban J connectivity index is 1.89. The normalized spacial score (nSPS) is 20.5. The molecule has 23 heavy (non-hydrogen) atoms. The van der Waals surface area contributed by atoms with Crippen LogP contribution in [0.25, 0.3) is 0 Å². The second kappa shape index (κ2) is 6.39. The van der Waals surface area contributed by atoms with Crippen molar-refractivity contribution in [2.45, 2.75) is 26.3 Å². The molecule has 0 bridgehead atoms. The number of rotatable bonds is 5. The van der Waals surface area contributed by atoms with Crippen molar-refractivity contribution in [3.8, 4) is 5.75 Å². The minimum atomic E-state index is -3.37. The van der Waals surface area contributed by atoms with Gasteiger partial charge in [-0.05, 0) is 12.0 Å². The fourth-order valence-corrected chi connectivity index (χ4v) is 4.57. The van der Waals surface area contributed by atoms with Gasteiger partial charge < -0.3 is 9.64 Å². The van der Waals surface area contributed by atoms with Crippen LogP contribution in [0.2, 0.25) is 0 Å². The van der Waals surface area contributed by atoms with Gasteiger partial charge in [-0.3, -0.25) is 9.71 Å². The van der Waals surface area contributed by atoms with Crippen LogP contribution in [-0.2, 0) is 10.0 Å². The van der Waals surface area contributed by atoms with Crippen LogP contribution >= 0.6 is 0 Å². The first-order valence-electron chi connectivity index (χ1n) is 7.98. The minimum absolute atomic E-state index is 0.0708. The summed E-state index contributed by atoms with van der Waals surface area (Å²) in [6, 6.07) is 5.84. The molecule has 7 heteroatoms. The summed E-state index contributed by atoms with van der Waals surface area (Å²) < 4.78 is 33.0. The highest BCUT2D eigenvalue weighted by molar-refractivity contribution is 7.92. The van der Waals surface area contributed by atoms with E-state index in [0.29, 0.717) is 18.0 Å². The Bertz CT molecular complexity index is 701. The van der Waals surface area contributed by atoms with E-state index < -0.39 is 10.0 Å². The molecule has 0 amide bonds. The molecule has 0 radical (unpaired) electrons. The Morgan fingerprint density at radius 1 is 1.43 bits per heavy atom. The van der Waals surface area contributed by atoms with Gasteiger partial charge in [-0.1, -0.05) is 26.0 Å². The van der Waals surface area contributed by atoms with E-state index in [2.05, 4.69) is 14.6 Å². The molecule has 2 heterocycles. The first-order valence-corrected chi connectivity index (χ1v) is 9.63. The van der Waals surface area contributed by atoms with Crippen LogP contribution in [0, 0.1) is 5.92 Å². The lowest BCUT2D eigenvalue weighted by Gasteiger charge is -2.33. The number of ether oxygens (including phenoxy) is 1. The Morgan fingerprint density at radius 2 is 2.26 bits per heavy atom. The molecule has 1 aromatic carbocycles. The first-order chi connectivity index (χ1) is 11.0. The maximum atomic E-state index is 12.2. The van der Waals surface area contributed by atoms with Gasteiger partial charge in [0, 0.05) is 18.5 Å². The van der Waals surface area contributed by atoms with Gasteiger partial charge >= 0.3 is 0 Å². The summed E-state index contributed by atoms with van der Waals surface area (Å²) in [4.78, 5) is 6.48. The van der Waals surface area contributed by atoms with Crippen molar-refractivity contribution in [1.29, 1.82) is 0 Å². The number of hydrogen-bond donors (Lipinski definition) is 1. The molecule has 0 aliphatic carbocycles. The highest BCUT2D eigenvalue weighted by atomic mass is 32.2. The van der Waals surface area contributed by atoms with Crippen LogP contribution in [0.1, 0.15) is 31.9 Å². The molecule has 0 spiro atoms. The van der Waals surface area contributed by atoms with Crippen molar-refractivity contribution in [2.24, 2.45) is 10.9 Å². The number of nitrogens with zero attached hydrogens (tertiary/aromatic N) is 2. The van der Waals surface area contributed by atoms with Gasteiger partial charge in [-0.2, -0.15) is 0 Å². The van der Waals surface area contributed by atoms with E-state index in [1.165, 1.54) is 0 Å². The fraction of sp³-hybridized carbons (Fsp3) is 0.562. The van der Waals surface area contributed by atoms with Crippen molar-refractivity contribution in [1.82, 2.24) is 4.90 Å². The SMILES string of the molecule is CC(C)CS(=O)(=O)Nc1cccc2c1OCCC2N1C=NCC1. The van der Waals surface area contributed by atoms with E-state index in [1.807, 2.05) is 32.3 Å². The third-order valence-electron chi connectivity index (χ3n) is 3.98. The number of benzene rings is 1. The number of fused-ring (bicyclic) bond motifs is 1. The molecule has 3 rings (SSSR count). The molecule has 1 N–H and O–H groups in total. The fourth-order valence-electron chi connectivity index (χ4n) is 3.11. The summed E-state index contributed by atoms with van der Waals surface area (Å²) >= 11 is 0. The van der Waals surface area contributed by atoms with Crippen molar-refractivity contribution >= 4 is 22.0 Å². The van der Waals surface area contributed by atoms with Gasteiger partial charge in [-0.25, -0.2) is 8.42 Å². The van der Waals surface area contributed by atoms with E-state index in [0.717, 1.165) is 25.1 Å². The standard InChI is InChI=1S/C16H23N3O3S/c1-12(2)10-23(20,21)18-14-5-3-4-13-15(6-9-22-16(13)14)19-8-7-17-11-19/h3-5,11-12,15,18H,6-10H2,1-2H3. The quantitative estimate of drug-likeness (QED) is 0.894. The summed E-state index contributed by atoms with van der Waals surface area (Å²) in [6.07, 6.45) is 2.76. The third kappa shape index (κ3) is 3.60. The molecule has 0 aromatic heterocycles. The molecule has 6 nitrogen and oxygen atoms in total. The Kier molecular flexibility index (Phi) is 4.48. The molecular formula is C16H23N3O3S. The Hall–Kier alpha value is -1.76. The van der Waals surface area contributed by atoms with E-state index in [4.69, 9.17) is 4.74 Å². The Morgan fingerprint density at radius 3 is 2.96 bits per heavy atom. The molecule has 0 fully saturated rings. The van der Waals surface area contributed by atoms with Gasteiger partial charge in [0.2, 0.25) is 10.0 Å². The van der Waals surface area contributed by atoms with Gasteiger partial charge in [0.15, 0.2) is 0 Å². The number of aliphatic imine (C=N–C) groups is 1. The molecule has 1 aromatic rings. The molecule has 1 atom stereocenters. The van der Waals surface area contributed by atoms with Crippen molar-refractivity contribution < 1.29 is 13.2 Å². The molecule has 0 saturated carbocycles. The smallest absolute Gasteiger partial charge is 0.233 e. The van der Waals surface area contributed by atoms with Gasteiger partial charge in [0.25, 0.3) is 0 Å². The number of nitrogens with one attached hydrogen (secondary N) is 1. The largest absolute Gasteiger partial charge is 0.491 e. The van der Waals surface area contributed by atoms with E-state index >= 15 is 0 Å². The molecule has 2 aliphatic rings. The highest BCUT2D eigenvalue weighted by Crippen LogP contribution is 2.41. The molecule has 126 valence electrons. The summed E-state index contributed by atoms with van der Waals surface area (Å²) in [7, 11) is -3.37. The van der Waals surface area contributed by atoms with Crippen molar-refractivity contribution in [3.05, 3.63) is 23.8 Å². The summed E-state index contributed by atoms with van der Waals surface area (Å²) in [6.45, 7) is 6.06. The lowest BCUT2D eigenvalue weighted by molar-refractivity contribution is 0.211. The van der Waals surface area contributed by atoms with E-state index in [9.17, 15) is 8.42 Å². The van der Waals surface area contributed by atoms with Crippen LogP contribution in [0.3, 0.4) is 0 Å². The van der Waals surface area contributed by atoms with Crippen LogP contribution in [0.5, 0.6) is 5.75 Å². The van der Waals surface area contributed by atoms with Gasteiger partial charge in [0.1, 0.15) is 5.75 Å². The van der Waals surface area contributed by atoms with E-state index in [1.54, 1.807) is 6.07 Å². The number of hydrogen-bond acceptors (Lipinski definition) is 5. The van der Waals surface area contributed by atoms with Crippen LogP contribution in [0.4, 0.5) is 5.69 Å². The lowest BCUT2D eigenvalue weighted by Crippen LogP contribution is -2.31.